The number of hydrogen-bond acceptors (Lipinski definition) is 4. The van der Waals surface area contributed by atoms with Crippen LogP contribution in [0.1, 0.15) is 37.8 Å². The van der Waals surface area contributed by atoms with Crippen molar-refractivity contribution in [3.8, 4) is 0 Å². The number of piperidine rings is 1. The van der Waals surface area contributed by atoms with Gasteiger partial charge in [-0.05, 0) is 44.9 Å². The molecule has 0 aromatic carbocycles. The van der Waals surface area contributed by atoms with Crippen LogP contribution in [0.25, 0.3) is 0 Å². The van der Waals surface area contributed by atoms with Gasteiger partial charge in [-0.3, -0.25) is 4.79 Å². The summed E-state index contributed by atoms with van der Waals surface area (Å²) in [7, 11) is 0. The lowest BCUT2D eigenvalue weighted by atomic mass is 9.91. The first-order valence-corrected chi connectivity index (χ1v) is 10.1. The van der Waals surface area contributed by atoms with Gasteiger partial charge in [-0.15, -0.1) is 11.3 Å². The van der Waals surface area contributed by atoms with Gasteiger partial charge in [0.05, 0.1) is 0 Å². The zero-order chi connectivity index (χ0) is 15.4. The van der Waals surface area contributed by atoms with Crippen molar-refractivity contribution >= 4 is 29.0 Å². The van der Waals surface area contributed by atoms with Gasteiger partial charge in [0.1, 0.15) is 4.34 Å². The Bertz CT molecular complexity index is 533. The van der Waals surface area contributed by atoms with E-state index < -0.39 is 0 Å². The number of thiazole rings is 1. The van der Waals surface area contributed by atoms with Crippen LogP contribution in [0.2, 0.25) is 0 Å². The van der Waals surface area contributed by atoms with Crippen LogP contribution in [0, 0.1) is 18.8 Å². The molecule has 0 radical (unpaired) electrons. The number of thioether (sulfide) groups is 1. The molecule has 0 spiro atoms. The Kier molecular flexibility index (Phi) is 5.58. The highest BCUT2D eigenvalue weighted by Gasteiger charge is 2.28. The second-order valence-electron chi connectivity index (χ2n) is 6.32. The molecule has 1 amide bonds. The van der Waals surface area contributed by atoms with Gasteiger partial charge in [-0.1, -0.05) is 23.9 Å². The van der Waals surface area contributed by atoms with Crippen molar-refractivity contribution in [2.75, 3.05) is 18.8 Å². The second kappa shape index (κ2) is 7.64. The molecule has 1 saturated heterocycles. The first-order chi connectivity index (χ1) is 10.7. The van der Waals surface area contributed by atoms with E-state index in [1.165, 1.54) is 4.34 Å². The van der Waals surface area contributed by atoms with Crippen molar-refractivity contribution in [2.45, 2.75) is 43.4 Å². The van der Waals surface area contributed by atoms with Gasteiger partial charge in [0, 0.05) is 35.8 Å². The van der Waals surface area contributed by atoms with Crippen LogP contribution in [0.4, 0.5) is 0 Å². The summed E-state index contributed by atoms with van der Waals surface area (Å²) in [5.74, 6) is 2.51. The molecule has 1 fully saturated rings. The predicted molar refractivity (Wildman–Crippen MR) is 93.4 cm³/mol. The highest BCUT2D eigenvalue weighted by Crippen LogP contribution is 2.30. The van der Waals surface area contributed by atoms with E-state index in [9.17, 15) is 4.79 Å². The van der Waals surface area contributed by atoms with E-state index in [0.29, 0.717) is 5.91 Å². The number of aromatic nitrogens is 1. The maximum Gasteiger partial charge on any atom is 0.226 e. The average Bonchev–Trinajstić information content (AvgIpc) is 2.99. The smallest absolute Gasteiger partial charge is 0.226 e. The Labute approximate surface area is 141 Å². The zero-order valence-corrected chi connectivity index (χ0v) is 14.8. The summed E-state index contributed by atoms with van der Waals surface area (Å²) in [6.07, 6.45) is 9.71. The van der Waals surface area contributed by atoms with Crippen LogP contribution in [0.3, 0.4) is 0 Å². The highest BCUT2D eigenvalue weighted by atomic mass is 32.2. The minimum absolute atomic E-state index is 0.245. The number of rotatable bonds is 4. The predicted octanol–water partition coefficient (Wildman–Crippen LogP) is 4.14. The molecular formula is C17H24N2OS2. The SMILES string of the molecule is Cc1csc(SCC2CCN(C(=O)C3CC=CCC3)CC2)n1. The summed E-state index contributed by atoms with van der Waals surface area (Å²) in [6, 6.07) is 0. The number of hydrogen-bond donors (Lipinski definition) is 0. The van der Waals surface area contributed by atoms with E-state index in [1.807, 2.05) is 18.7 Å². The third kappa shape index (κ3) is 4.13. The van der Waals surface area contributed by atoms with Crippen molar-refractivity contribution in [1.82, 2.24) is 9.88 Å². The van der Waals surface area contributed by atoms with Crippen molar-refractivity contribution in [1.29, 1.82) is 0 Å². The normalized spacial score (nSPS) is 23.0. The lowest BCUT2D eigenvalue weighted by Gasteiger charge is -2.34. The monoisotopic (exact) mass is 336 g/mol. The standard InChI is InChI=1S/C17H24N2OS2/c1-13-11-21-17(18-13)22-12-14-7-9-19(10-8-14)16(20)15-5-3-2-4-6-15/h2-3,11,14-15H,4-10,12H2,1H3. The molecule has 1 aliphatic heterocycles. The van der Waals surface area contributed by atoms with E-state index in [-0.39, 0.29) is 5.92 Å². The number of aryl methyl sites for hydroxylation is 1. The first kappa shape index (κ1) is 16.1. The summed E-state index contributed by atoms with van der Waals surface area (Å²) in [5, 5.41) is 2.11. The third-order valence-electron chi connectivity index (χ3n) is 4.58. The van der Waals surface area contributed by atoms with Crippen molar-refractivity contribution in [3.63, 3.8) is 0 Å². The largest absolute Gasteiger partial charge is 0.342 e. The van der Waals surface area contributed by atoms with E-state index in [1.54, 1.807) is 11.3 Å². The minimum atomic E-state index is 0.245. The van der Waals surface area contributed by atoms with E-state index in [4.69, 9.17) is 0 Å². The highest BCUT2D eigenvalue weighted by molar-refractivity contribution is 8.01. The molecule has 5 heteroatoms. The molecule has 0 bridgehead atoms. The fraction of sp³-hybridized carbons (Fsp3) is 0.647. The molecule has 0 N–H and O–H groups in total. The number of amides is 1. The topological polar surface area (TPSA) is 33.2 Å². The number of carbonyl (C=O) groups excluding carboxylic acids is 1. The fourth-order valence-corrected chi connectivity index (χ4v) is 5.25. The quantitative estimate of drug-likeness (QED) is 0.612. The van der Waals surface area contributed by atoms with Crippen molar-refractivity contribution in [2.24, 2.45) is 11.8 Å². The Hall–Kier alpha value is -0.810. The number of carbonyl (C=O) groups is 1. The van der Waals surface area contributed by atoms with E-state index in [2.05, 4.69) is 27.4 Å². The Morgan fingerprint density at radius 2 is 2.18 bits per heavy atom. The molecule has 1 unspecified atom stereocenters. The number of likely N-dealkylation sites (tertiary alicyclic amines) is 1. The summed E-state index contributed by atoms with van der Waals surface area (Å²) in [6.45, 7) is 3.94. The minimum Gasteiger partial charge on any atom is -0.342 e. The molecular weight excluding hydrogens is 312 g/mol. The molecule has 0 saturated carbocycles. The molecule has 3 nitrogen and oxygen atoms in total. The van der Waals surface area contributed by atoms with Crippen LogP contribution in [0.15, 0.2) is 21.9 Å². The summed E-state index contributed by atoms with van der Waals surface area (Å²) in [5.41, 5.74) is 1.12. The van der Waals surface area contributed by atoms with Crippen LogP contribution < -0.4 is 0 Å². The van der Waals surface area contributed by atoms with Gasteiger partial charge in [0.15, 0.2) is 0 Å². The Morgan fingerprint density at radius 3 is 2.82 bits per heavy atom. The Morgan fingerprint density at radius 1 is 1.36 bits per heavy atom. The van der Waals surface area contributed by atoms with Gasteiger partial charge in [-0.25, -0.2) is 4.98 Å². The van der Waals surface area contributed by atoms with E-state index in [0.717, 1.165) is 62.6 Å². The van der Waals surface area contributed by atoms with Crippen LogP contribution in [-0.2, 0) is 4.79 Å². The van der Waals surface area contributed by atoms with Gasteiger partial charge in [0.25, 0.3) is 0 Å². The summed E-state index contributed by atoms with van der Waals surface area (Å²) in [4.78, 5) is 19.1. The lowest BCUT2D eigenvalue weighted by molar-refractivity contribution is -0.137. The maximum atomic E-state index is 12.5. The molecule has 3 rings (SSSR count). The maximum absolute atomic E-state index is 12.5. The van der Waals surface area contributed by atoms with Crippen LogP contribution in [0.5, 0.6) is 0 Å². The van der Waals surface area contributed by atoms with Crippen molar-refractivity contribution in [3.05, 3.63) is 23.2 Å². The number of allylic oxidation sites excluding steroid dienone is 2. The lowest BCUT2D eigenvalue weighted by Crippen LogP contribution is -2.42. The average molecular weight is 337 g/mol. The molecule has 1 aliphatic carbocycles. The molecule has 22 heavy (non-hydrogen) atoms. The van der Waals surface area contributed by atoms with Gasteiger partial charge in [0.2, 0.25) is 5.91 Å². The molecule has 2 aliphatic rings. The molecule has 1 atom stereocenters. The van der Waals surface area contributed by atoms with Crippen molar-refractivity contribution < 1.29 is 4.79 Å². The van der Waals surface area contributed by atoms with Gasteiger partial charge in [-0.2, -0.15) is 0 Å². The summed E-state index contributed by atoms with van der Waals surface area (Å²) < 4.78 is 1.19. The molecule has 1 aromatic heterocycles. The second-order valence-corrected chi connectivity index (χ2v) is 8.44. The first-order valence-electron chi connectivity index (χ1n) is 8.21. The van der Waals surface area contributed by atoms with Gasteiger partial charge >= 0.3 is 0 Å². The number of nitrogens with zero attached hydrogens (tertiary/aromatic N) is 2. The molecule has 2 heterocycles. The molecule has 120 valence electrons. The van der Waals surface area contributed by atoms with Gasteiger partial charge < -0.3 is 4.90 Å². The fourth-order valence-electron chi connectivity index (χ4n) is 3.18. The Balaban J connectivity index is 1.42. The van der Waals surface area contributed by atoms with Crippen LogP contribution >= 0.6 is 23.1 Å². The van der Waals surface area contributed by atoms with Crippen LogP contribution in [-0.4, -0.2) is 34.6 Å². The molecule has 1 aromatic rings. The van der Waals surface area contributed by atoms with E-state index >= 15 is 0 Å². The third-order valence-corrected chi connectivity index (χ3v) is 6.96. The zero-order valence-electron chi connectivity index (χ0n) is 13.2. The summed E-state index contributed by atoms with van der Waals surface area (Å²) >= 11 is 3.62.